The Kier molecular flexibility index (Phi) is 3.45. The van der Waals surface area contributed by atoms with E-state index in [0.717, 1.165) is 16.6 Å². The van der Waals surface area contributed by atoms with E-state index >= 15 is 0 Å². The fourth-order valence-corrected chi connectivity index (χ4v) is 2.32. The van der Waals surface area contributed by atoms with Crippen LogP contribution in [0.2, 0.25) is 10.0 Å². The van der Waals surface area contributed by atoms with E-state index in [1.54, 1.807) is 19.2 Å². The van der Waals surface area contributed by atoms with Gasteiger partial charge in [-0.05, 0) is 24.1 Å². The second kappa shape index (κ2) is 4.71. The van der Waals surface area contributed by atoms with Gasteiger partial charge in [0.2, 0.25) is 0 Å². The molecule has 0 unspecified atom stereocenters. The zero-order chi connectivity index (χ0) is 12.6. The first kappa shape index (κ1) is 12.5. The molecule has 1 aromatic heterocycles. The molecule has 0 aliphatic carbocycles. The van der Waals surface area contributed by atoms with Crippen molar-refractivity contribution in [3.05, 3.63) is 33.9 Å². The van der Waals surface area contributed by atoms with Gasteiger partial charge >= 0.3 is 0 Å². The molecule has 0 amide bonds. The van der Waals surface area contributed by atoms with Crippen molar-refractivity contribution in [3.63, 3.8) is 0 Å². The molecule has 0 saturated carbocycles. The summed E-state index contributed by atoms with van der Waals surface area (Å²) < 4.78 is 5.29. The highest BCUT2D eigenvalue weighted by Gasteiger charge is 2.13. The summed E-state index contributed by atoms with van der Waals surface area (Å²) in [5, 5.41) is 1.95. The van der Waals surface area contributed by atoms with Crippen LogP contribution in [0.15, 0.2) is 18.2 Å². The van der Waals surface area contributed by atoms with Crippen LogP contribution < -0.4 is 4.74 Å². The Balaban J connectivity index is 2.85. The van der Waals surface area contributed by atoms with E-state index in [-0.39, 0.29) is 0 Å². The molecule has 0 fully saturated rings. The zero-order valence-electron chi connectivity index (χ0n) is 9.92. The summed E-state index contributed by atoms with van der Waals surface area (Å²) in [5.41, 5.74) is 1.65. The van der Waals surface area contributed by atoms with Gasteiger partial charge in [0.25, 0.3) is 0 Å². The third-order valence-electron chi connectivity index (χ3n) is 2.66. The number of benzene rings is 1. The Morgan fingerprint density at radius 1 is 1.18 bits per heavy atom. The van der Waals surface area contributed by atoms with Crippen molar-refractivity contribution in [2.45, 2.75) is 19.8 Å². The lowest BCUT2D eigenvalue weighted by atomic mass is 10.1. The first-order chi connectivity index (χ1) is 8.04. The number of fused-ring (bicyclic) bond motifs is 1. The van der Waals surface area contributed by atoms with Crippen molar-refractivity contribution in [1.82, 2.24) is 4.98 Å². The molecule has 0 spiro atoms. The zero-order valence-corrected chi connectivity index (χ0v) is 11.4. The maximum absolute atomic E-state index is 6.26. The number of nitrogens with zero attached hydrogens (tertiary/aromatic N) is 1. The summed E-state index contributed by atoms with van der Waals surface area (Å²) in [7, 11) is 1.61. The SMILES string of the molecule is COc1ccc(Cl)c2c(Cl)cc(C(C)C)nc12. The Labute approximate surface area is 111 Å². The van der Waals surface area contributed by atoms with Crippen molar-refractivity contribution < 1.29 is 4.74 Å². The normalized spacial score (nSPS) is 11.2. The molecule has 17 heavy (non-hydrogen) atoms. The standard InChI is InChI=1S/C13H13Cl2NO/c1-7(2)10-6-9(15)12-8(14)4-5-11(17-3)13(12)16-10/h4-7H,1-3H3. The van der Waals surface area contributed by atoms with E-state index in [1.165, 1.54) is 0 Å². The van der Waals surface area contributed by atoms with E-state index in [1.807, 2.05) is 6.07 Å². The molecule has 0 aliphatic rings. The maximum Gasteiger partial charge on any atom is 0.145 e. The molecule has 4 heteroatoms. The fourth-order valence-electron chi connectivity index (χ4n) is 1.71. The largest absolute Gasteiger partial charge is 0.494 e. The van der Waals surface area contributed by atoms with Crippen LogP contribution >= 0.6 is 23.2 Å². The molecule has 90 valence electrons. The minimum atomic E-state index is 0.306. The molecule has 0 N–H and O–H groups in total. The van der Waals surface area contributed by atoms with Gasteiger partial charge in [-0.25, -0.2) is 4.98 Å². The monoisotopic (exact) mass is 269 g/mol. The van der Waals surface area contributed by atoms with Gasteiger partial charge in [0.05, 0.1) is 17.2 Å². The first-order valence-corrected chi connectivity index (χ1v) is 6.12. The van der Waals surface area contributed by atoms with Crippen LogP contribution in [0.5, 0.6) is 5.75 Å². The molecule has 2 aromatic rings. The molecule has 0 aliphatic heterocycles. The predicted octanol–water partition coefficient (Wildman–Crippen LogP) is 4.67. The smallest absolute Gasteiger partial charge is 0.145 e. The molecule has 1 heterocycles. The highest BCUT2D eigenvalue weighted by molar-refractivity contribution is 6.42. The number of pyridine rings is 1. The number of hydrogen-bond acceptors (Lipinski definition) is 2. The molecule has 1 aromatic carbocycles. The van der Waals surface area contributed by atoms with Crippen LogP contribution in [-0.2, 0) is 0 Å². The van der Waals surface area contributed by atoms with Gasteiger partial charge in [0.15, 0.2) is 0 Å². The van der Waals surface area contributed by atoms with E-state index in [4.69, 9.17) is 27.9 Å². The molecular weight excluding hydrogens is 257 g/mol. The predicted molar refractivity (Wildman–Crippen MR) is 72.4 cm³/mol. The van der Waals surface area contributed by atoms with E-state index in [2.05, 4.69) is 18.8 Å². The molecule has 2 nitrogen and oxygen atoms in total. The average molecular weight is 270 g/mol. The highest BCUT2D eigenvalue weighted by atomic mass is 35.5. The van der Waals surface area contributed by atoms with Gasteiger partial charge in [0, 0.05) is 11.1 Å². The Bertz CT molecular complexity index is 567. The minimum Gasteiger partial charge on any atom is -0.494 e. The quantitative estimate of drug-likeness (QED) is 0.790. The number of rotatable bonds is 2. The summed E-state index contributed by atoms with van der Waals surface area (Å²) in [4.78, 5) is 4.57. The number of ether oxygens (including phenoxy) is 1. The van der Waals surface area contributed by atoms with Crippen molar-refractivity contribution in [3.8, 4) is 5.75 Å². The van der Waals surface area contributed by atoms with Crippen LogP contribution in [0.1, 0.15) is 25.5 Å². The third kappa shape index (κ3) is 2.20. The highest BCUT2D eigenvalue weighted by Crippen LogP contribution is 2.36. The molecule has 0 radical (unpaired) electrons. The lowest BCUT2D eigenvalue weighted by Crippen LogP contribution is -1.96. The first-order valence-electron chi connectivity index (χ1n) is 5.37. The van der Waals surface area contributed by atoms with Gasteiger partial charge in [-0.15, -0.1) is 0 Å². The van der Waals surface area contributed by atoms with Gasteiger partial charge in [0.1, 0.15) is 11.3 Å². The second-order valence-corrected chi connectivity index (χ2v) is 4.97. The molecule has 0 saturated heterocycles. The summed E-state index contributed by atoms with van der Waals surface area (Å²) in [5.74, 6) is 0.995. The van der Waals surface area contributed by atoms with E-state index in [0.29, 0.717) is 21.7 Å². The topological polar surface area (TPSA) is 22.1 Å². The summed E-state index contributed by atoms with van der Waals surface area (Å²) in [6.07, 6.45) is 0. The lowest BCUT2D eigenvalue weighted by Gasteiger charge is -2.11. The van der Waals surface area contributed by atoms with Gasteiger partial charge in [-0.3, -0.25) is 0 Å². The van der Waals surface area contributed by atoms with Crippen LogP contribution in [0.3, 0.4) is 0 Å². The average Bonchev–Trinajstić information content (AvgIpc) is 2.28. The minimum absolute atomic E-state index is 0.306. The Morgan fingerprint density at radius 2 is 1.88 bits per heavy atom. The van der Waals surface area contributed by atoms with Gasteiger partial charge < -0.3 is 4.74 Å². The lowest BCUT2D eigenvalue weighted by molar-refractivity contribution is 0.419. The van der Waals surface area contributed by atoms with Gasteiger partial charge in [-0.1, -0.05) is 37.0 Å². The van der Waals surface area contributed by atoms with Crippen molar-refractivity contribution in [2.24, 2.45) is 0 Å². The van der Waals surface area contributed by atoms with Crippen LogP contribution in [0.4, 0.5) is 0 Å². The molecular formula is C13H13Cl2NO. The van der Waals surface area contributed by atoms with Crippen LogP contribution in [0.25, 0.3) is 10.9 Å². The van der Waals surface area contributed by atoms with Crippen molar-refractivity contribution >= 4 is 34.1 Å². The van der Waals surface area contributed by atoms with Gasteiger partial charge in [-0.2, -0.15) is 0 Å². The summed E-state index contributed by atoms with van der Waals surface area (Å²) in [6, 6.07) is 5.43. The van der Waals surface area contributed by atoms with Crippen molar-refractivity contribution in [1.29, 1.82) is 0 Å². The van der Waals surface area contributed by atoms with Crippen LogP contribution in [0, 0.1) is 0 Å². The van der Waals surface area contributed by atoms with E-state index < -0.39 is 0 Å². The molecule has 0 bridgehead atoms. The Morgan fingerprint density at radius 3 is 2.47 bits per heavy atom. The Hall–Kier alpha value is -0.990. The molecule has 0 atom stereocenters. The third-order valence-corrected chi connectivity index (χ3v) is 3.27. The summed E-state index contributed by atoms with van der Waals surface area (Å²) in [6.45, 7) is 4.14. The second-order valence-electron chi connectivity index (χ2n) is 4.16. The fraction of sp³-hybridized carbons (Fsp3) is 0.308. The van der Waals surface area contributed by atoms with E-state index in [9.17, 15) is 0 Å². The number of halogens is 2. The molecule has 2 rings (SSSR count). The number of aromatic nitrogens is 1. The maximum atomic E-state index is 6.26. The number of methoxy groups -OCH3 is 1. The summed E-state index contributed by atoms with van der Waals surface area (Å²) >= 11 is 12.4. The number of hydrogen-bond donors (Lipinski definition) is 0. The van der Waals surface area contributed by atoms with Crippen LogP contribution in [-0.4, -0.2) is 12.1 Å². The van der Waals surface area contributed by atoms with Crippen molar-refractivity contribution in [2.75, 3.05) is 7.11 Å².